The highest BCUT2D eigenvalue weighted by molar-refractivity contribution is 6.27. The van der Waals surface area contributed by atoms with E-state index in [0.29, 0.717) is 6.07 Å². The van der Waals surface area contributed by atoms with Gasteiger partial charge in [-0.2, -0.15) is 13.2 Å². The predicted octanol–water partition coefficient (Wildman–Crippen LogP) is 5.35. The van der Waals surface area contributed by atoms with E-state index in [9.17, 15) is 36.3 Å². The van der Waals surface area contributed by atoms with Crippen molar-refractivity contribution in [3.8, 4) is 0 Å². The van der Waals surface area contributed by atoms with Crippen LogP contribution < -0.4 is 0 Å². The van der Waals surface area contributed by atoms with Gasteiger partial charge in [-0.3, -0.25) is 9.59 Å². The van der Waals surface area contributed by atoms with Crippen molar-refractivity contribution < 1.29 is 41.1 Å². The number of likely N-dealkylation sites (tertiary alicyclic amines) is 1. The number of carbonyl (C=O) groups excluding carboxylic acids is 3. The van der Waals surface area contributed by atoms with E-state index in [1.54, 1.807) is 20.8 Å². The Kier molecular flexibility index (Phi) is 8.40. The Hall–Kier alpha value is -3.21. The van der Waals surface area contributed by atoms with Gasteiger partial charge in [0.05, 0.1) is 18.7 Å². The number of halogens is 6. The van der Waals surface area contributed by atoms with Gasteiger partial charge in [0.2, 0.25) is 5.91 Å². The van der Waals surface area contributed by atoms with Crippen molar-refractivity contribution in [2.45, 2.75) is 51.1 Å². The molecule has 38 heavy (non-hydrogen) atoms. The van der Waals surface area contributed by atoms with Gasteiger partial charge in [0.25, 0.3) is 0 Å². The van der Waals surface area contributed by atoms with Crippen molar-refractivity contribution in [1.82, 2.24) is 9.80 Å². The quantitative estimate of drug-likeness (QED) is 0.338. The third kappa shape index (κ3) is 6.61. The van der Waals surface area contributed by atoms with Crippen LogP contribution in [0.25, 0.3) is 0 Å². The molecule has 2 aromatic rings. The zero-order valence-corrected chi connectivity index (χ0v) is 21.6. The Labute approximate surface area is 221 Å². The second kappa shape index (κ2) is 10.9. The second-order valence-electron chi connectivity index (χ2n) is 10.0. The minimum Gasteiger partial charge on any atom is -0.444 e. The summed E-state index contributed by atoms with van der Waals surface area (Å²) in [5.74, 6) is -3.74. The zero-order valence-electron chi connectivity index (χ0n) is 20.9. The van der Waals surface area contributed by atoms with Crippen molar-refractivity contribution in [3.63, 3.8) is 0 Å². The van der Waals surface area contributed by atoms with Gasteiger partial charge in [-0.15, -0.1) is 11.6 Å². The number of nitrogens with zero attached hydrogens (tertiary/aromatic N) is 2. The molecule has 2 aromatic carbocycles. The first-order valence-electron chi connectivity index (χ1n) is 11.5. The fourth-order valence-corrected chi connectivity index (χ4v) is 4.22. The van der Waals surface area contributed by atoms with Crippen molar-refractivity contribution >= 4 is 29.4 Å². The molecule has 1 heterocycles. The molecule has 6 nitrogen and oxygen atoms in total. The molecule has 0 saturated carbocycles. The molecule has 0 aromatic heterocycles. The summed E-state index contributed by atoms with van der Waals surface area (Å²) in [6, 6.07) is 6.72. The molecule has 1 aliphatic heterocycles. The van der Waals surface area contributed by atoms with Crippen LogP contribution in [-0.2, 0) is 33.5 Å². The lowest BCUT2D eigenvalue weighted by Gasteiger charge is -2.54. The summed E-state index contributed by atoms with van der Waals surface area (Å²) >= 11 is 5.82. The third-order valence-electron chi connectivity index (χ3n) is 6.00. The van der Waals surface area contributed by atoms with Crippen LogP contribution in [0.3, 0.4) is 0 Å². The number of amides is 2. The number of benzene rings is 2. The van der Waals surface area contributed by atoms with E-state index >= 15 is 0 Å². The highest BCUT2D eigenvalue weighted by atomic mass is 35.5. The molecule has 0 aliphatic carbocycles. The summed E-state index contributed by atoms with van der Waals surface area (Å²) in [5, 5.41) is 0. The molecule has 12 heteroatoms. The van der Waals surface area contributed by atoms with Crippen molar-refractivity contribution in [1.29, 1.82) is 0 Å². The summed E-state index contributed by atoms with van der Waals surface area (Å²) in [4.78, 5) is 41.5. The average Bonchev–Trinajstić information content (AvgIpc) is 2.77. The van der Waals surface area contributed by atoms with Gasteiger partial charge in [-0.25, -0.2) is 13.6 Å². The van der Waals surface area contributed by atoms with Crippen LogP contribution >= 0.6 is 11.6 Å². The smallest absolute Gasteiger partial charge is 0.416 e. The standard InChI is InChI=1S/C26H26ClF5N2O4/c1-24(2,3)38-23(37)33-14-25(15-33,21(35)10-17-6-9-19(28)11-20(17)29)34(22(36)12-27)13-16-4-7-18(8-5-16)26(30,31)32/h4-9,11H,10,12-15H2,1-3H3. The lowest BCUT2D eigenvalue weighted by atomic mass is 9.80. The molecule has 3 rings (SSSR count). The molecule has 0 unspecified atom stereocenters. The first-order chi connectivity index (χ1) is 17.6. The van der Waals surface area contributed by atoms with Crippen LogP contribution in [-0.4, -0.2) is 57.7 Å². The van der Waals surface area contributed by atoms with Crippen molar-refractivity contribution in [2.24, 2.45) is 0 Å². The Morgan fingerprint density at radius 3 is 2.13 bits per heavy atom. The topological polar surface area (TPSA) is 66.9 Å². The van der Waals surface area contributed by atoms with Gasteiger partial charge in [0, 0.05) is 19.0 Å². The van der Waals surface area contributed by atoms with E-state index in [1.807, 2.05) is 0 Å². The monoisotopic (exact) mass is 560 g/mol. The van der Waals surface area contributed by atoms with Crippen LogP contribution in [0.15, 0.2) is 42.5 Å². The summed E-state index contributed by atoms with van der Waals surface area (Å²) < 4.78 is 72.0. The molecule has 0 spiro atoms. The SMILES string of the molecule is CC(C)(C)OC(=O)N1CC(C(=O)Cc2ccc(F)cc2F)(N(Cc2ccc(C(F)(F)F)cc2)C(=O)CCl)C1. The van der Waals surface area contributed by atoms with Crippen LogP contribution in [0, 0.1) is 11.6 Å². The Balaban J connectivity index is 1.96. The minimum absolute atomic E-state index is 0.126. The molecule has 0 bridgehead atoms. The molecule has 1 fully saturated rings. The molecular formula is C26H26ClF5N2O4. The minimum atomic E-state index is -4.57. The second-order valence-corrected chi connectivity index (χ2v) is 10.3. The highest BCUT2D eigenvalue weighted by Gasteiger charge is 2.56. The van der Waals surface area contributed by atoms with Gasteiger partial charge in [0.1, 0.15) is 28.7 Å². The lowest BCUT2D eigenvalue weighted by molar-refractivity contribution is -0.157. The number of ketones is 1. The first-order valence-corrected chi connectivity index (χ1v) is 12.1. The Morgan fingerprint density at radius 2 is 1.63 bits per heavy atom. The van der Waals surface area contributed by atoms with Gasteiger partial charge in [-0.05, 0) is 50.1 Å². The maximum Gasteiger partial charge on any atom is 0.416 e. The molecule has 0 atom stereocenters. The predicted molar refractivity (Wildman–Crippen MR) is 128 cm³/mol. The van der Waals surface area contributed by atoms with E-state index in [1.165, 1.54) is 17.0 Å². The first kappa shape index (κ1) is 29.3. The summed E-state index contributed by atoms with van der Waals surface area (Å²) in [5.41, 5.74) is -3.27. The molecule has 206 valence electrons. The number of hydrogen-bond donors (Lipinski definition) is 0. The van der Waals surface area contributed by atoms with Crippen molar-refractivity contribution in [2.75, 3.05) is 19.0 Å². The van der Waals surface area contributed by atoms with Crippen molar-refractivity contribution in [3.05, 3.63) is 70.8 Å². The highest BCUT2D eigenvalue weighted by Crippen LogP contribution is 2.35. The Morgan fingerprint density at radius 1 is 1.03 bits per heavy atom. The molecule has 0 radical (unpaired) electrons. The number of Topliss-reactive ketones (excluding diaryl/α,β-unsaturated/α-hetero) is 1. The van der Waals surface area contributed by atoms with Crippen LogP contribution in [0.5, 0.6) is 0 Å². The van der Waals surface area contributed by atoms with Gasteiger partial charge >= 0.3 is 12.3 Å². The molecular weight excluding hydrogens is 535 g/mol. The zero-order chi connectivity index (χ0) is 28.5. The van der Waals surface area contributed by atoms with Gasteiger partial charge < -0.3 is 14.5 Å². The summed E-state index contributed by atoms with van der Waals surface area (Å²) in [6.07, 6.45) is -5.85. The van der Waals surface area contributed by atoms with Crippen LogP contribution in [0.1, 0.15) is 37.5 Å². The molecule has 1 aliphatic rings. The van der Waals surface area contributed by atoms with E-state index < -0.39 is 64.6 Å². The van der Waals surface area contributed by atoms with Crippen LogP contribution in [0.2, 0.25) is 0 Å². The number of ether oxygens (including phenoxy) is 1. The van der Waals surface area contributed by atoms with E-state index in [-0.39, 0.29) is 30.8 Å². The molecule has 1 saturated heterocycles. The normalized spacial score (nSPS) is 15.0. The number of carbonyl (C=O) groups is 3. The number of alkyl halides is 4. The van der Waals surface area contributed by atoms with E-state index in [2.05, 4.69) is 0 Å². The van der Waals surface area contributed by atoms with E-state index in [0.717, 1.165) is 29.2 Å². The Bertz CT molecular complexity index is 1210. The lowest BCUT2D eigenvalue weighted by Crippen LogP contribution is -2.76. The maximum absolute atomic E-state index is 14.3. The van der Waals surface area contributed by atoms with E-state index in [4.69, 9.17) is 16.3 Å². The number of hydrogen-bond acceptors (Lipinski definition) is 4. The molecule has 2 amide bonds. The fraction of sp³-hybridized carbons (Fsp3) is 0.423. The fourth-order valence-electron chi connectivity index (χ4n) is 4.07. The largest absolute Gasteiger partial charge is 0.444 e. The third-order valence-corrected chi connectivity index (χ3v) is 6.22. The summed E-state index contributed by atoms with van der Waals surface area (Å²) in [6.45, 7) is 4.01. The molecule has 0 N–H and O–H groups in total. The summed E-state index contributed by atoms with van der Waals surface area (Å²) in [7, 11) is 0. The maximum atomic E-state index is 14.3. The van der Waals surface area contributed by atoms with Crippen LogP contribution in [0.4, 0.5) is 26.7 Å². The number of rotatable bonds is 7. The average molecular weight is 561 g/mol. The van der Waals surface area contributed by atoms with Gasteiger partial charge in [0.15, 0.2) is 5.78 Å². The van der Waals surface area contributed by atoms with Gasteiger partial charge in [-0.1, -0.05) is 18.2 Å².